The van der Waals surface area contributed by atoms with Crippen LogP contribution in [-0.4, -0.2) is 39.4 Å². The molecule has 3 aromatic rings. The number of hydrogen-bond acceptors (Lipinski definition) is 4. The maximum atomic E-state index is 13.3. The van der Waals surface area contributed by atoms with Crippen molar-refractivity contribution >= 4 is 40.0 Å². The van der Waals surface area contributed by atoms with E-state index < -0.39 is 0 Å². The second-order valence-electron chi connectivity index (χ2n) is 9.86. The standard InChI is InChI=1S/C27H27ClN4O3/c28-18-6-8-19-22(15-18)30-25(33)24(19)16-9-12-31(13-10-16)26(34)17-5-7-20-21(14-17)29-23-4-2-1-3-11-32(23)27(20)35/h5-8,14-16,24H,1-4,9-13H2,(H,30,33). The van der Waals surface area contributed by atoms with Gasteiger partial charge in [0.15, 0.2) is 0 Å². The Balaban J connectivity index is 1.20. The number of nitrogens with one attached hydrogen (secondary N) is 1. The highest BCUT2D eigenvalue weighted by molar-refractivity contribution is 6.31. The van der Waals surface area contributed by atoms with Gasteiger partial charge in [0, 0.05) is 42.3 Å². The van der Waals surface area contributed by atoms with Crippen LogP contribution in [0.4, 0.5) is 5.69 Å². The van der Waals surface area contributed by atoms with Gasteiger partial charge >= 0.3 is 0 Å². The fraction of sp³-hybridized carbons (Fsp3) is 0.407. The Bertz CT molecular complexity index is 1410. The maximum absolute atomic E-state index is 13.3. The first-order valence-electron chi connectivity index (χ1n) is 12.4. The molecule has 1 aromatic heterocycles. The predicted molar refractivity (Wildman–Crippen MR) is 135 cm³/mol. The Morgan fingerprint density at radius 1 is 1.00 bits per heavy atom. The van der Waals surface area contributed by atoms with Gasteiger partial charge < -0.3 is 10.2 Å². The van der Waals surface area contributed by atoms with Crippen LogP contribution in [0.25, 0.3) is 10.9 Å². The van der Waals surface area contributed by atoms with Gasteiger partial charge in [0.2, 0.25) is 5.91 Å². The van der Waals surface area contributed by atoms with E-state index in [0.717, 1.165) is 55.6 Å². The maximum Gasteiger partial charge on any atom is 0.261 e. The molecule has 6 rings (SSSR count). The van der Waals surface area contributed by atoms with Crippen LogP contribution in [-0.2, 0) is 17.8 Å². The number of aryl methyl sites for hydroxylation is 1. The molecule has 35 heavy (non-hydrogen) atoms. The number of halogens is 1. The van der Waals surface area contributed by atoms with Crippen molar-refractivity contribution in [2.24, 2.45) is 5.92 Å². The zero-order chi connectivity index (χ0) is 24.1. The Morgan fingerprint density at radius 2 is 1.83 bits per heavy atom. The normalized spacial score (nSPS) is 20.3. The molecule has 1 N–H and O–H groups in total. The number of hydrogen-bond donors (Lipinski definition) is 1. The first kappa shape index (κ1) is 22.3. The Hall–Kier alpha value is -3.19. The quantitative estimate of drug-likeness (QED) is 0.578. The van der Waals surface area contributed by atoms with Gasteiger partial charge in [-0.2, -0.15) is 0 Å². The van der Waals surface area contributed by atoms with Crippen LogP contribution in [0.5, 0.6) is 0 Å². The minimum Gasteiger partial charge on any atom is -0.339 e. The van der Waals surface area contributed by atoms with Crippen LogP contribution < -0.4 is 10.9 Å². The van der Waals surface area contributed by atoms with E-state index >= 15 is 0 Å². The molecule has 8 heteroatoms. The highest BCUT2D eigenvalue weighted by Gasteiger charge is 2.39. The zero-order valence-electron chi connectivity index (χ0n) is 19.4. The van der Waals surface area contributed by atoms with E-state index in [1.807, 2.05) is 17.0 Å². The van der Waals surface area contributed by atoms with E-state index in [4.69, 9.17) is 16.6 Å². The number of carbonyl (C=O) groups excluding carboxylic acids is 2. The summed E-state index contributed by atoms with van der Waals surface area (Å²) in [6, 6.07) is 10.8. The molecular weight excluding hydrogens is 464 g/mol. The molecule has 1 fully saturated rings. The lowest BCUT2D eigenvalue weighted by Gasteiger charge is -2.34. The molecule has 4 heterocycles. The largest absolute Gasteiger partial charge is 0.339 e. The number of likely N-dealkylation sites (tertiary alicyclic amines) is 1. The molecule has 3 aliphatic rings. The summed E-state index contributed by atoms with van der Waals surface area (Å²) in [5, 5.41) is 4.13. The molecule has 0 radical (unpaired) electrons. The molecule has 1 saturated heterocycles. The molecular formula is C27H27ClN4O3. The van der Waals surface area contributed by atoms with E-state index in [-0.39, 0.29) is 29.2 Å². The van der Waals surface area contributed by atoms with Gasteiger partial charge in [0.05, 0.1) is 16.8 Å². The highest BCUT2D eigenvalue weighted by Crippen LogP contribution is 2.42. The third-order valence-corrected chi connectivity index (χ3v) is 7.99. The number of amides is 2. The van der Waals surface area contributed by atoms with Crippen LogP contribution >= 0.6 is 11.6 Å². The van der Waals surface area contributed by atoms with Gasteiger partial charge in [0.25, 0.3) is 11.5 Å². The number of fused-ring (bicyclic) bond motifs is 3. The monoisotopic (exact) mass is 490 g/mol. The molecule has 1 unspecified atom stereocenters. The van der Waals surface area contributed by atoms with Crippen LogP contribution in [0, 0.1) is 5.92 Å². The van der Waals surface area contributed by atoms with E-state index in [9.17, 15) is 14.4 Å². The van der Waals surface area contributed by atoms with Crippen LogP contribution in [0.1, 0.15) is 59.8 Å². The van der Waals surface area contributed by atoms with Crippen molar-refractivity contribution in [1.82, 2.24) is 14.5 Å². The fourth-order valence-corrected chi connectivity index (χ4v) is 6.07. The van der Waals surface area contributed by atoms with Crippen molar-refractivity contribution in [2.45, 2.75) is 51.0 Å². The number of piperidine rings is 1. The number of aromatic nitrogens is 2. The van der Waals surface area contributed by atoms with Crippen molar-refractivity contribution < 1.29 is 9.59 Å². The molecule has 2 aromatic carbocycles. The average molecular weight is 491 g/mol. The van der Waals surface area contributed by atoms with Gasteiger partial charge in [-0.15, -0.1) is 0 Å². The molecule has 180 valence electrons. The van der Waals surface area contributed by atoms with Crippen molar-refractivity contribution in [3.63, 3.8) is 0 Å². The molecule has 0 bridgehead atoms. The Morgan fingerprint density at radius 3 is 2.66 bits per heavy atom. The van der Waals surface area contributed by atoms with E-state index in [1.54, 1.807) is 28.8 Å². The summed E-state index contributed by atoms with van der Waals surface area (Å²) in [7, 11) is 0. The highest BCUT2D eigenvalue weighted by atomic mass is 35.5. The fourth-order valence-electron chi connectivity index (χ4n) is 5.90. The topological polar surface area (TPSA) is 84.3 Å². The number of nitrogens with zero attached hydrogens (tertiary/aromatic N) is 3. The summed E-state index contributed by atoms with van der Waals surface area (Å²) in [4.78, 5) is 45.6. The van der Waals surface area contributed by atoms with Crippen LogP contribution in [0.15, 0.2) is 41.2 Å². The van der Waals surface area contributed by atoms with E-state index in [0.29, 0.717) is 41.1 Å². The summed E-state index contributed by atoms with van der Waals surface area (Å²) in [5.41, 5.74) is 2.93. The molecule has 1 atom stereocenters. The second-order valence-corrected chi connectivity index (χ2v) is 10.3. The van der Waals surface area contributed by atoms with Gasteiger partial charge in [-0.1, -0.05) is 24.1 Å². The number of carbonyl (C=O) groups is 2. The molecule has 7 nitrogen and oxygen atoms in total. The summed E-state index contributed by atoms with van der Waals surface area (Å²) in [6.45, 7) is 1.90. The third-order valence-electron chi connectivity index (χ3n) is 7.75. The average Bonchev–Trinajstić information content (AvgIpc) is 3.01. The summed E-state index contributed by atoms with van der Waals surface area (Å²) in [6.07, 6.45) is 5.43. The lowest BCUT2D eigenvalue weighted by atomic mass is 9.80. The summed E-state index contributed by atoms with van der Waals surface area (Å²) < 4.78 is 1.80. The van der Waals surface area contributed by atoms with Crippen molar-refractivity contribution in [2.75, 3.05) is 18.4 Å². The van der Waals surface area contributed by atoms with Crippen LogP contribution in [0.2, 0.25) is 5.02 Å². The molecule has 2 amide bonds. The van der Waals surface area contributed by atoms with Crippen LogP contribution in [0.3, 0.4) is 0 Å². The number of anilines is 1. The first-order valence-corrected chi connectivity index (χ1v) is 12.8. The summed E-state index contributed by atoms with van der Waals surface area (Å²) in [5.74, 6) is 0.757. The van der Waals surface area contributed by atoms with Crippen molar-refractivity contribution in [1.29, 1.82) is 0 Å². The van der Waals surface area contributed by atoms with Gasteiger partial charge in [-0.05, 0) is 67.5 Å². The van der Waals surface area contributed by atoms with Gasteiger partial charge in [0.1, 0.15) is 5.82 Å². The second kappa shape index (κ2) is 8.79. The third kappa shape index (κ3) is 3.92. The first-order chi connectivity index (χ1) is 17.0. The number of rotatable bonds is 2. The molecule has 3 aliphatic heterocycles. The lowest BCUT2D eigenvalue weighted by molar-refractivity contribution is -0.118. The van der Waals surface area contributed by atoms with E-state index in [2.05, 4.69) is 5.32 Å². The Labute approximate surface area is 208 Å². The van der Waals surface area contributed by atoms with Gasteiger partial charge in [-0.25, -0.2) is 4.98 Å². The predicted octanol–water partition coefficient (Wildman–Crippen LogP) is 4.36. The number of benzene rings is 2. The Kier molecular flexibility index (Phi) is 5.60. The molecule has 0 saturated carbocycles. The molecule has 0 spiro atoms. The minimum absolute atomic E-state index is 0.0110. The van der Waals surface area contributed by atoms with Gasteiger partial charge in [-0.3, -0.25) is 19.0 Å². The van der Waals surface area contributed by atoms with Crippen molar-refractivity contribution in [3.8, 4) is 0 Å². The zero-order valence-corrected chi connectivity index (χ0v) is 20.2. The van der Waals surface area contributed by atoms with Crippen molar-refractivity contribution in [3.05, 3.63) is 68.7 Å². The lowest BCUT2D eigenvalue weighted by Crippen LogP contribution is -2.40. The smallest absolute Gasteiger partial charge is 0.261 e. The SMILES string of the molecule is O=C1Nc2cc(Cl)ccc2C1C1CCN(C(=O)c2ccc3c(=O)n4c(nc3c2)CCCCC4)CC1. The minimum atomic E-state index is -0.201. The summed E-state index contributed by atoms with van der Waals surface area (Å²) >= 11 is 6.09. The molecule has 0 aliphatic carbocycles. The van der Waals surface area contributed by atoms with E-state index in [1.165, 1.54) is 0 Å².